The Morgan fingerprint density at radius 2 is 2.11 bits per heavy atom. The molecule has 19 heavy (non-hydrogen) atoms. The van der Waals surface area contributed by atoms with Crippen molar-refractivity contribution in [2.45, 2.75) is 25.8 Å². The molecule has 1 fully saturated rings. The zero-order chi connectivity index (χ0) is 13.8. The second-order valence-corrected chi connectivity index (χ2v) is 5.60. The molecule has 4 nitrogen and oxygen atoms in total. The molecule has 1 unspecified atom stereocenters. The second-order valence-electron chi connectivity index (χ2n) is 4.75. The Kier molecular flexibility index (Phi) is 4.69. The van der Waals surface area contributed by atoms with Gasteiger partial charge in [-0.05, 0) is 53.9 Å². The van der Waals surface area contributed by atoms with Gasteiger partial charge in [-0.2, -0.15) is 0 Å². The number of benzene rings is 1. The van der Waals surface area contributed by atoms with Crippen LogP contribution in [0.25, 0.3) is 0 Å². The van der Waals surface area contributed by atoms with Gasteiger partial charge in [0.25, 0.3) is 0 Å². The first kappa shape index (κ1) is 14.2. The maximum Gasteiger partial charge on any atom is 0.244 e. The molecule has 1 amide bonds. The number of likely N-dealkylation sites (tertiary alicyclic amines) is 1. The van der Waals surface area contributed by atoms with Crippen LogP contribution in [0.5, 0.6) is 5.75 Å². The van der Waals surface area contributed by atoms with E-state index in [1.165, 1.54) is 0 Å². The molecule has 104 valence electrons. The van der Waals surface area contributed by atoms with Crippen LogP contribution >= 0.6 is 15.9 Å². The molecule has 1 aromatic rings. The summed E-state index contributed by atoms with van der Waals surface area (Å²) in [4.78, 5) is 14.1. The Labute approximate surface area is 122 Å². The van der Waals surface area contributed by atoms with E-state index in [0.717, 1.165) is 41.8 Å². The molecule has 1 aromatic carbocycles. The molecule has 1 heterocycles. The lowest BCUT2D eigenvalue weighted by molar-refractivity contribution is -0.130. The average Bonchev–Trinajstić information content (AvgIpc) is 2.92. The first-order valence-corrected chi connectivity index (χ1v) is 7.30. The van der Waals surface area contributed by atoms with Crippen LogP contribution in [0.3, 0.4) is 0 Å². The zero-order valence-corrected chi connectivity index (χ0v) is 12.9. The molecule has 0 aliphatic carbocycles. The fraction of sp³-hybridized carbons (Fsp3) is 0.500. The Morgan fingerprint density at radius 1 is 1.42 bits per heavy atom. The third-order valence-electron chi connectivity index (χ3n) is 3.32. The van der Waals surface area contributed by atoms with Crippen molar-refractivity contribution in [3.8, 4) is 5.75 Å². The number of hydrogen-bond donors (Lipinski definition) is 1. The minimum Gasteiger partial charge on any atom is -0.496 e. The van der Waals surface area contributed by atoms with Crippen molar-refractivity contribution in [3.05, 3.63) is 22.7 Å². The van der Waals surface area contributed by atoms with E-state index in [-0.39, 0.29) is 11.9 Å². The van der Waals surface area contributed by atoms with E-state index < -0.39 is 0 Å². The Bertz CT molecular complexity index is 459. The number of carbonyl (C=O) groups is 1. The number of halogens is 1. The highest BCUT2D eigenvalue weighted by molar-refractivity contribution is 9.10. The molecule has 0 saturated carbocycles. The minimum absolute atomic E-state index is 0.171. The minimum atomic E-state index is -0.210. The molecule has 0 aromatic heterocycles. The lowest BCUT2D eigenvalue weighted by Gasteiger charge is -2.22. The van der Waals surface area contributed by atoms with Crippen molar-refractivity contribution in [1.29, 1.82) is 0 Å². The van der Waals surface area contributed by atoms with E-state index >= 15 is 0 Å². The maximum atomic E-state index is 12.2. The van der Waals surface area contributed by atoms with Crippen LogP contribution in [0, 0.1) is 0 Å². The summed E-state index contributed by atoms with van der Waals surface area (Å²) in [5.74, 6) is 0.952. The van der Waals surface area contributed by atoms with Crippen molar-refractivity contribution in [3.63, 3.8) is 0 Å². The van der Waals surface area contributed by atoms with E-state index in [2.05, 4.69) is 21.2 Å². The van der Waals surface area contributed by atoms with Gasteiger partial charge < -0.3 is 15.0 Å². The third-order valence-corrected chi connectivity index (χ3v) is 3.94. The van der Waals surface area contributed by atoms with Crippen LogP contribution in [0.4, 0.5) is 5.69 Å². The number of ether oxygens (including phenoxy) is 1. The lowest BCUT2D eigenvalue weighted by Crippen LogP contribution is -2.39. The highest BCUT2D eigenvalue weighted by Gasteiger charge is 2.23. The number of rotatable bonds is 4. The van der Waals surface area contributed by atoms with Gasteiger partial charge in [0.2, 0.25) is 5.91 Å². The Hall–Kier alpha value is -1.23. The van der Waals surface area contributed by atoms with Gasteiger partial charge in [0, 0.05) is 18.8 Å². The van der Waals surface area contributed by atoms with Gasteiger partial charge in [0.15, 0.2) is 0 Å². The number of nitrogens with zero attached hydrogens (tertiary/aromatic N) is 1. The summed E-state index contributed by atoms with van der Waals surface area (Å²) < 4.78 is 6.06. The predicted molar refractivity (Wildman–Crippen MR) is 79.6 cm³/mol. The topological polar surface area (TPSA) is 41.6 Å². The molecular weight excluding hydrogens is 308 g/mol. The van der Waals surface area contributed by atoms with Crippen LogP contribution in [0.2, 0.25) is 0 Å². The summed E-state index contributed by atoms with van der Waals surface area (Å²) in [6.07, 6.45) is 2.24. The van der Waals surface area contributed by atoms with Gasteiger partial charge in [-0.25, -0.2) is 0 Å². The molecule has 1 aliphatic rings. The first-order chi connectivity index (χ1) is 9.11. The molecule has 1 atom stereocenters. The van der Waals surface area contributed by atoms with Gasteiger partial charge in [0.05, 0.1) is 11.6 Å². The Morgan fingerprint density at radius 3 is 2.68 bits per heavy atom. The number of methoxy groups -OCH3 is 1. The van der Waals surface area contributed by atoms with Crippen LogP contribution in [0.15, 0.2) is 22.7 Å². The van der Waals surface area contributed by atoms with E-state index in [9.17, 15) is 4.79 Å². The van der Waals surface area contributed by atoms with E-state index in [1.807, 2.05) is 30.0 Å². The van der Waals surface area contributed by atoms with Gasteiger partial charge in [0.1, 0.15) is 11.8 Å². The van der Waals surface area contributed by atoms with Crippen molar-refractivity contribution in [2.24, 2.45) is 0 Å². The number of amides is 1. The average molecular weight is 327 g/mol. The van der Waals surface area contributed by atoms with E-state index in [1.54, 1.807) is 7.11 Å². The molecule has 1 aliphatic heterocycles. The quantitative estimate of drug-likeness (QED) is 0.925. The summed E-state index contributed by atoms with van der Waals surface area (Å²) in [6, 6.07) is 5.50. The second kappa shape index (κ2) is 6.28. The maximum absolute atomic E-state index is 12.2. The summed E-state index contributed by atoms with van der Waals surface area (Å²) in [7, 11) is 1.63. The van der Waals surface area contributed by atoms with Gasteiger partial charge in [-0.15, -0.1) is 0 Å². The fourth-order valence-electron chi connectivity index (χ4n) is 2.28. The largest absolute Gasteiger partial charge is 0.496 e. The molecular formula is C14H19BrN2O2. The monoisotopic (exact) mass is 326 g/mol. The highest BCUT2D eigenvalue weighted by Crippen LogP contribution is 2.28. The molecule has 1 N–H and O–H groups in total. The van der Waals surface area contributed by atoms with Crippen molar-refractivity contribution >= 4 is 27.5 Å². The predicted octanol–water partition coefficient (Wildman–Crippen LogP) is 2.88. The summed E-state index contributed by atoms with van der Waals surface area (Å²) >= 11 is 3.44. The van der Waals surface area contributed by atoms with Gasteiger partial charge in [-0.3, -0.25) is 4.79 Å². The van der Waals surface area contributed by atoms with E-state index in [4.69, 9.17) is 4.74 Å². The summed E-state index contributed by atoms with van der Waals surface area (Å²) in [5.41, 5.74) is 0.910. The van der Waals surface area contributed by atoms with E-state index in [0.29, 0.717) is 0 Å². The van der Waals surface area contributed by atoms with Crippen LogP contribution in [-0.2, 0) is 4.79 Å². The standard InChI is InChI=1S/C14H19BrN2O2/c1-10(14(18)17-7-3-4-8-17)16-11-5-6-13(19-2)12(15)9-11/h5-6,9-10,16H,3-4,7-8H2,1-2H3. The van der Waals surface area contributed by atoms with Crippen LogP contribution in [-0.4, -0.2) is 37.0 Å². The molecule has 0 radical (unpaired) electrons. The summed E-state index contributed by atoms with van der Waals surface area (Å²) in [6.45, 7) is 3.67. The molecule has 0 bridgehead atoms. The Balaban J connectivity index is 1.99. The van der Waals surface area contributed by atoms with Gasteiger partial charge >= 0.3 is 0 Å². The molecule has 5 heteroatoms. The van der Waals surface area contributed by atoms with Gasteiger partial charge in [-0.1, -0.05) is 0 Å². The van der Waals surface area contributed by atoms with Crippen molar-refractivity contribution in [2.75, 3.05) is 25.5 Å². The number of anilines is 1. The molecule has 1 saturated heterocycles. The van der Waals surface area contributed by atoms with Crippen molar-refractivity contribution < 1.29 is 9.53 Å². The first-order valence-electron chi connectivity index (χ1n) is 6.50. The number of carbonyl (C=O) groups excluding carboxylic acids is 1. The smallest absolute Gasteiger partial charge is 0.244 e. The summed E-state index contributed by atoms with van der Waals surface area (Å²) in [5, 5.41) is 3.23. The molecule has 2 rings (SSSR count). The molecule has 0 spiro atoms. The zero-order valence-electron chi connectivity index (χ0n) is 11.3. The third kappa shape index (κ3) is 3.41. The lowest BCUT2D eigenvalue weighted by atomic mass is 10.2. The normalized spacial score (nSPS) is 16.3. The van der Waals surface area contributed by atoms with Crippen molar-refractivity contribution in [1.82, 2.24) is 4.90 Å². The fourth-order valence-corrected chi connectivity index (χ4v) is 2.82. The number of nitrogens with one attached hydrogen (secondary N) is 1. The number of hydrogen-bond acceptors (Lipinski definition) is 3. The SMILES string of the molecule is COc1ccc(NC(C)C(=O)N2CCCC2)cc1Br. The van der Waals surface area contributed by atoms with Crippen LogP contribution < -0.4 is 10.1 Å². The van der Waals surface area contributed by atoms with Crippen LogP contribution in [0.1, 0.15) is 19.8 Å². The highest BCUT2D eigenvalue weighted by atomic mass is 79.9.